The van der Waals surface area contributed by atoms with Crippen LogP contribution in [0, 0.1) is 0 Å². The van der Waals surface area contributed by atoms with Crippen LogP contribution in [-0.4, -0.2) is 10.2 Å². The minimum atomic E-state index is 0.988. The summed E-state index contributed by atoms with van der Waals surface area (Å²) in [6.45, 7) is 0. The number of fused-ring (bicyclic) bond motifs is 1. The predicted molar refractivity (Wildman–Crippen MR) is 36.5 cm³/mol. The van der Waals surface area contributed by atoms with Gasteiger partial charge in [-0.05, 0) is 11.4 Å². The van der Waals surface area contributed by atoms with Crippen LogP contribution in [-0.2, 0) is 0 Å². The molecule has 0 bridgehead atoms. The second-order valence-electron chi connectivity index (χ2n) is 1.71. The monoisotopic (exact) mass is 136 g/mol. The van der Waals surface area contributed by atoms with Gasteiger partial charge < -0.3 is 0 Å². The normalized spacial score (nSPS) is 10.2. The molecule has 0 aromatic carbocycles. The van der Waals surface area contributed by atoms with Crippen LogP contribution in [0.3, 0.4) is 0 Å². The van der Waals surface area contributed by atoms with Gasteiger partial charge in [0, 0.05) is 0 Å². The van der Waals surface area contributed by atoms with Crippen LogP contribution in [0.2, 0.25) is 0 Å². The molecular weight excluding hydrogens is 132 g/mol. The van der Waals surface area contributed by atoms with Gasteiger partial charge in [0.2, 0.25) is 0 Å². The van der Waals surface area contributed by atoms with Gasteiger partial charge in [0.15, 0.2) is 0 Å². The van der Waals surface area contributed by atoms with E-state index in [1.165, 1.54) is 0 Å². The van der Waals surface area contributed by atoms with E-state index >= 15 is 0 Å². The van der Waals surface area contributed by atoms with Crippen LogP contribution in [0.4, 0.5) is 0 Å². The number of nitrogens with zero attached hydrogens (tertiary/aromatic N) is 2. The van der Waals surface area contributed by atoms with E-state index in [-0.39, 0.29) is 0 Å². The van der Waals surface area contributed by atoms with Gasteiger partial charge in [-0.3, -0.25) is 0 Å². The van der Waals surface area contributed by atoms with Gasteiger partial charge in [0.25, 0.3) is 0 Å². The average Bonchev–Trinajstić information content (AvgIpc) is 2.33. The lowest BCUT2D eigenvalue weighted by molar-refractivity contribution is 1.10. The number of aromatic nitrogens is 2. The molecule has 0 aromatic heterocycles. The van der Waals surface area contributed by atoms with E-state index in [2.05, 4.69) is 10.2 Å². The molecule has 2 aliphatic rings. The summed E-state index contributed by atoms with van der Waals surface area (Å²) < 4.78 is 0. The van der Waals surface area contributed by atoms with Crippen molar-refractivity contribution in [3.05, 3.63) is 23.7 Å². The van der Waals surface area contributed by atoms with Crippen molar-refractivity contribution in [1.82, 2.24) is 10.2 Å². The number of hydrogen-bond acceptors (Lipinski definition) is 3. The molecular formula is C6H4N2S. The molecule has 0 fully saturated rings. The number of rotatable bonds is 0. The Balaban J connectivity index is 2.79. The maximum atomic E-state index is 3.88. The zero-order valence-corrected chi connectivity index (χ0v) is 5.43. The van der Waals surface area contributed by atoms with Gasteiger partial charge in [-0.25, -0.2) is 0 Å². The zero-order chi connectivity index (χ0) is 6.10. The summed E-state index contributed by atoms with van der Waals surface area (Å²) in [5.74, 6) is 0. The maximum absolute atomic E-state index is 3.88. The smallest absolute Gasteiger partial charge is 0.104 e. The molecule has 0 aliphatic carbocycles. The summed E-state index contributed by atoms with van der Waals surface area (Å²) in [7, 11) is 0. The first kappa shape index (κ1) is 4.88. The Morgan fingerprint density at radius 2 is 2.44 bits per heavy atom. The highest BCUT2D eigenvalue weighted by molar-refractivity contribution is 7.13. The van der Waals surface area contributed by atoms with E-state index in [4.69, 9.17) is 0 Å². The summed E-state index contributed by atoms with van der Waals surface area (Å²) in [6, 6.07) is 3.93. The van der Waals surface area contributed by atoms with Gasteiger partial charge in [-0.1, -0.05) is 6.07 Å². The minimum Gasteiger partial charge on any atom is -0.157 e. The first-order valence-corrected chi connectivity index (χ1v) is 3.50. The molecule has 0 radical (unpaired) electrons. The van der Waals surface area contributed by atoms with Gasteiger partial charge in [0.05, 0.1) is 11.1 Å². The molecule has 0 unspecified atom stereocenters. The quantitative estimate of drug-likeness (QED) is 0.550. The van der Waals surface area contributed by atoms with E-state index in [9.17, 15) is 0 Å². The summed E-state index contributed by atoms with van der Waals surface area (Å²) in [5.41, 5.74) is 0.988. The Hall–Kier alpha value is -0.960. The number of hydrogen-bond donors (Lipinski definition) is 0. The lowest BCUT2D eigenvalue weighted by Crippen LogP contribution is -1.68. The fourth-order valence-corrected chi connectivity index (χ4v) is 1.35. The van der Waals surface area contributed by atoms with Crippen LogP contribution in [0.25, 0.3) is 10.6 Å². The van der Waals surface area contributed by atoms with Gasteiger partial charge in [0.1, 0.15) is 5.69 Å². The summed E-state index contributed by atoms with van der Waals surface area (Å²) in [5, 5.41) is 9.66. The van der Waals surface area contributed by atoms with E-state index in [0.29, 0.717) is 0 Å². The fraction of sp³-hybridized carbons (Fsp3) is 0. The molecule has 9 heavy (non-hydrogen) atoms. The molecule has 0 saturated heterocycles. The van der Waals surface area contributed by atoms with Crippen molar-refractivity contribution in [3.63, 3.8) is 0 Å². The molecule has 0 spiro atoms. The molecule has 0 saturated carbocycles. The Morgan fingerprint density at radius 3 is 3.33 bits per heavy atom. The lowest BCUT2D eigenvalue weighted by atomic mass is 10.4. The Labute approximate surface area is 56.5 Å². The third-order valence-corrected chi connectivity index (χ3v) is 1.98. The largest absolute Gasteiger partial charge is 0.157 e. The zero-order valence-electron chi connectivity index (χ0n) is 4.61. The first-order chi connectivity index (χ1) is 4.47. The Kier molecular flexibility index (Phi) is 0.960. The SMILES string of the molecule is c1csc2cnnc-2c1. The van der Waals surface area contributed by atoms with E-state index in [1.807, 2.05) is 17.5 Å². The van der Waals surface area contributed by atoms with Gasteiger partial charge in [-0.2, -0.15) is 5.10 Å². The first-order valence-electron chi connectivity index (χ1n) is 2.62. The molecule has 2 rings (SSSR count). The van der Waals surface area contributed by atoms with Crippen LogP contribution in [0.5, 0.6) is 0 Å². The molecule has 0 atom stereocenters. The topological polar surface area (TPSA) is 25.8 Å². The van der Waals surface area contributed by atoms with Crippen LogP contribution < -0.4 is 0 Å². The standard InChI is InChI=1S/C6H4N2S/c1-2-5-6(9-3-1)4-7-8-5/h1-4H. The molecule has 0 amide bonds. The molecule has 3 heteroatoms. The summed E-state index contributed by atoms with van der Waals surface area (Å²) >= 11 is 1.66. The minimum absolute atomic E-state index is 0.988. The molecule has 2 nitrogen and oxygen atoms in total. The van der Waals surface area contributed by atoms with Crippen molar-refractivity contribution >= 4 is 11.3 Å². The van der Waals surface area contributed by atoms with Crippen LogP contribution >= 0.6 is 11.3 Å². The van der Waals surface area contributed by atoms with Crippen LogP contribution in [0.1, 0.15) is 0 Å². The second kappa shape index (κ2) is 1.77. The van der Waals surface area contributed by atoms with Gasteiger partial charge >= 0.3 is 0 Å². The third-order valence-electron chi connectivity index (χ3n) is 1.12. The van der Waals surface area contributed by atoms with Gasteiger partial charge in [-0.15, -0.1) is 16.4 Å². The van der Waals surface area contributed by atoms with Crippen molar-refractivity contribution < 1.29 is 0 Å². The summed E-state index contributed by atoms with van der Waals surface area (Å²) in [4.78, 5) is 1.15. The van der Waals surface area contributed by atoms with Crippen molar-refractivity contribution in [2.45, 2.75) is 0 Å². The lowest BCUT2D eigenvalue weighted by Gasteiger charge is -1.87. The third kappa shape index (κ3) is 0.695. The average molecular weight is 136 g/mol. The Bertz CT molecular complexity index is 251. The van der Waals surface area contributed by atoms with Crippen molar-refractivity contribution in [1.29, 1.82) is 0 Å². The molecule has 0 aromatic rings. The highest BCUT2D eigenvalue weighted by Gasteiger charge is 2.00. The summed E-state index contributed by atoms with van der Waals surface area (Å²) in [6.07, 6.45) is 1.78. The van der Waals surface area contributed by atoms with E-state index in [0.717, 1.165) is 10.6 Å². The second-order valence-corrected chi connectivity index (χ2v) is 2.65. The fourth-order valence-electron chi connectivity index (χ4n) is 0.708. The maximum Gasteiger partial charge on any atom is 0.104 e. The van der Waals surface area contributed by atoms with Crippen molar-refractivity contribution in [2.24, 2.45) is 0 Å². The molecule has 0 N–H and O–H groups in total. The Morgan fingerprint density at radius 1 is 1.44 bits per heavy atom. The molecule has 2 aliphatic heterocycles. The molecule has 2 heterocycles. The predicted octanol–water partition coefficient (Wildman–Crippen LogP) is 1.64. The van der Waals surface area contributed by atoms with E-state index in [1.54, 1.807) is 17.5 Å². The molecule has 44 valence electrons. The van der Waals surface area contributed by atoms with Crippen molar-refractivity contribution in [3.8, 4) is 10.6 Å². The van der Waals surface area contributed by atoms with E-state index < -0.39 is 0 Å². The van der Waals surface area contributed by atoms with Crippen LogP contribution in [0.15, 0.2) is 23.7 Å². The highest BCUT2D eigenvalue weighted by atomic mass is 32.1. The van der Waals surface area contributed by atoms with Crippen molar-refractivity contribution in [2.75, 3.05) is 0 Å². The highest BCUT2D eigenvalue weighted by Crippen LogP contribution is 2.21.